The van der Waals surface area contributed by atoms with Crippen LogP contribution in [0, 0.1) is 0 Å². The highest BCUT2D eigenvalue weighted by atomic mass is 35.5. The van der Waals surface area contributed by atoms with Gasteiger partial charge in [-0.2, -0.15) is 0 Å². The Morgan fingerprint density at radius 2 is 2.00 bits per heavy atom. The minimum Gasteiger partial charge on any atom is -0.486 e. The normalized spacial score (nSPS) is 14.0. The Hall–Kier alpha value is -3.36. The topological polar surface area (TPSA) is 88.2 Å². The van der Waals surface area contributed by atoms with E-state index in [-0.39, 0.29) is 0 Å². The Balaban J connectivity index is 1.28. The number of benzene rings is 1. The van der Waals surface area contributed by atoms with E-state index in [0.717, 1.165) is 47.6 Å². The molecular formula is C24H25ClN6O2. The lowest BCUT2D eigenvalue weighted by atomic mass is 10.2. The lowest BCUT2D eigenvalue weighted by Crippen LogP contribution is -2.25. The molecular weight excluding hydrogens is 440 g/mol. The molecule has 8 nitrogen and oxygen atoms in total. The van der Waals surface area contributed by atoms with Gasteiger partial charge in [-0.25, -0.2) is 0 Å². The summed E-state index contributed by atoms with van der Waals surface area (Å²) in [6.07, 6.45) is 7.76. The van der Waals surface area contributed by atoms with Crippen LogP contribution in [0.2, 0.25) is 5.02 Å². The number of hydrogen-bond donors (Lipinski definition) is 2. The quantitative estimate of drug-likeness (QED) is 0.367. The molecule has 3 aromatic heterocycles. The summed E-state index contributed by atoms with van der Waals surface area (Å²) in [6.45, 7) is 4.13. The van der Waals surface area contributed by atoms with Gasteiger partial charge in [-0.3, -0.25) is 20.0 Å². The summed E-state index contributed by atoms with van der Waals surface area (Å²) in [5.74, 6) is 1.16. The number of fused-ring (bicyclic) bond motifs is 1. The summed E-state index contributed by atoms with van der Waals surface area (Å²) in [4.78, 5) is 11.0. The maximum atomic E-state index is 6.47. The van der Waals surface area contributed by atoms with Gasteiger partial charge < -0.3 is 14.8 Å². The summed E-state index contributed by atoms with van der Waals surface area (Å²) in [6, 6.07) is 11.3. The number of pyridine rings is 2. The fraction of sp³-hybridized carbons (Fsp3) is 0.292. The second-order valence-electron chi connectivity index (χ2n) is 7.92. The number of ether oxygens (including phenoxy) is 2. The fourth-order valence-electron chi connectivity index (χ4n) is 3.91. The van der Waals surface area contributed by atoms with Gasteiger partial charge in [0.25, 0.3) is 0 Å². The molecule has 1 aromatic carbocycles. The number of hydrogen-bond acceptors (Lipinski definition) is 7. The lowest BCUT2D eigenvalue weighted by molar-refractivity contribution is 0.233. The highest BCUT2D eigenvalue weighted by Crippen LogP contribution is 2.34. The van der Waals surface area contributed by atoms with Gasteiger partial charge in [0, 0.05) is 18.4 Å². The number of H-pyrrole nitrogens is 1. The van der Waals surface area contributed by atoms with Gasteiger partial charge >= 0.3 is 0 Å². The minimum atomic E-state index is 0.351. The Morgan fingerprint density at radius 3 is 2.82 bits per heavy atom. The van der Waals surface area contributed by atoms with Gasteiger partial charge in [-0.05, 0) is 56.3 Å². The van der Waals surface area contributed by atoms with Crippen LogP contribution in [0.3, 0.4) is 0 Å². The number of nitrogens with one attached hydrogen (secondary N) is 2. The van der Waals surface area contributed by atoms with E-state index in [2.05, 4.69) is 30.4 Å². The zero-order valence-electron chi connectivity index (χ0n) is 18.1. The van der Waals surface area contributed by atoms with Crippen LogP contribution >= 0.6 is 11.6 Å². The number of likely N-dealkylation sites (tertiary alicyclic amines) is 1. The molecule has 4 aromatic rings. The van der Waals surface area contributed by atoms with E-state index in [1.54, 1.807) is 18.6 Å². The first kappa shape index (κ1) is 21.5. The van der Waals surface area contributed by atoms with Crippen LogP contribution in [0.5, 0.6) is 11.6 Å². The second kappa shape index (κ2) is 10.1. The maximum Gasteiger partial charge on any atom is 0.242 e. The standard InChI is InChI=1S/C24H25ClN6O2/c25-19-13-17(6-7-22(19)33-16-18-5-1-2-8-27-18)28-20-14-26-15-21-23(20)24(30-29-21)32-12-11-31-9-3-4-10-31/h1-2,5-8,13-15,28H,3-4,9-12,16H2,(H,29,30). The van der Waals surface area contributed by atoms with Crippen molar-refractivity contribution in [2.24, 2.45) is 0 Å². The van der Waals surface area contributed by atoms with Crippen LogP contribution in [0.25, 0.3) is 10.9 Å². The molecule has 1 aliphatic rings. The SMILES string of the molecule is Clc1cc(Nc2cncc3[nH]nc(OCCN4CCCC4)c23)ccc1OCc1ccccn1. The maximum absolute atomic E-state index is 6.47. The third-order valence-electron chi connectivity index (χ3n) is 5.60. The van der Waals surface area contributed by atoms with Crippen LogP contribution in [0.15, 0.2) is 55.0 Å². The predicted octanol–water partition coefficient (Wildman–Crippen LogP) is 4.80. The molecule has 5 rings (SSSR count). The number of nitrogens with zero attached hydrogens (tertiary/aromatic N) is 4. The molecule has 170 valence electrons. The van der Waals surface area contributed by atoms with Crippen LogP contribution in [-0.4, -0.2) is 51.3 Å². The molecule has 1 aliphatic heterocycles. The van der Waals surface area contributed by atoms with Crippen molar-refractivity contribution in [2.45, 2.75) is 19.4 Å². The second-order valence-corrected chi connectivity index (χ2v) is 8.32. The van der Waals surface area contributed by atoms with Gasteiger partial charge in [0.05, 0.1) is 39.7 Å². The summed E-state index contributed by atoms with van der Waals surface area (Å²) in [5.41, 5.74) is 3.24. The monoisotopic (exact) mass is 464 g/mol. The van der Waals surface area contributed by atoms with E-state index < -0.39 is 0 Å². The van der Waals surface area contributed by atoms with E-state index in [4.69, 9.17) is 21.1 Å². The molecule has 0 radical (unpaired) electrons. The van der Waals surface area contributed by atoms with Crippen molar-refractivity contribution in [1.82, 2.24) is 25.1 Å². The predicted molar refractivity (Wildman–Crippen MR) is 128 cm³/mol. The average Bonchev–Trinajstić information content (AvgIpc) is 3.50. The molecule has 1 fully saturated rings. The summed E-state index contributed by atoms with van der Waals surface area (Å²) >= 11 is 6.47. The van der Waals surface area contributed by atoms with Crippen molar-refractivity contribution in [3.8, 4) is 11.6 Å². The Bertz CT molecular complexity index is 1210. The van der Waals surface area contributed by atoms with E-state index >= 15 is 0 Å². The van der Waals surface area contributed by atoms with Crippen LogP contribution < -0.4 is 14.8 Å². The van der Waals surface area contributed by atoms with Crippen LogP contribution in [0.1, 0.15) is 18.5 Å². The van der Waals surface area contributed by atoms with E-state index in [1.807, 2.05) is 36.4 Å². The molecule has 33 heavy (non-hydrogen) atoms. The molecule has 1 saturated heterocycles. The zero-order valence-corrected chi connectivity index (χ0v) is 18.9. The van der Waals surface area contributed by atoms with Crippen molar-refractivity contribution >= 4 is 33.9 Å². The Kier molecular flexibility index (Phi) is 6.55. The summed E-state index contributed by atoms with van der Waals surface area (Å²) < 4.78 is 11.8. The molecule has 0 unspecified atom stereocenters. The third-order valence-corrected chi connectivity index (χ3v) is 5.89. The number of halogens is 1. The molecule has 0 amide bonds. The highest BCUT2D eigenvalue weighted by molar-refractivity contribution is 6.32. The molecule has 0 spiro atoms. The fourth-order valence-corrected chi connectivity index (χ4v) is 4.14. The first-order valence-electron chi connectivity index (χ1n) is 11.0. The third kappa shape index (κ3) is 5.18. The molecule has 2 N–H and O–H groups in total. The van der Waals surface area contributed by atoms with E-state index in [0.29, 0.717) is 29.9 Å². The van der Waals surface area contributed by atoms with Gasteiger partial charge in [-0.15, -0.1) is 5.10 Å². The van der Waals surface area contributed by atoms with Crippen molar-refractivity contribution in [2.75, 3.05) is 31.6 Å². The number of rotatable bonds is 9. The molecule has 4 heterocycles. The van der Waals surface area contributed by atoms with Crippen molar-refractivity contribution in [1.29, 1.82) is 0 Å². The van der Waals surface area contributed by atoms with Gasteiger partial charge in [0.2, 0.25) is 5.88 Å². The van der Waals surface area contributed by atoms with Crippen molar-refractivity contribution < 1.29 is 9.47 Å². The zero-order chi connectivity index (χ0) is 22.5. The first-order valence-corrected chi connectivity index (χ1v) is 11.4. The van der Waals surface area contributed by atoms with Crippen molar-refractivity contribution in [3.63, 3.8) is 0 Å². The van der Waals surface area contributed by atoms with Crippen LogP contribution in [-0.2, 0) is 6.61 Å². The number of anilines is 2. The average molecular weight is 465 g/mol. The molecule has 0 bridgehead atoms. The number of aromatic nitrogens is 4. The van der Waals surface area contributed by atoms with Gasteiger partial charge in [0.1, 0.15) is 19.0 Å². The largest absolute Gasteiger partial charge is 0.486 e. The highest BCUT2D eigenvalue weighted by Gasteiger charge is 2.15. The van der Waals surface area contributed by atoms with E-state index in [9.17, 15) is 0 Å². The van der Waals surface area contributed by atoms with E-state index in [1.165, 1.54) is 12.8 Å². The summed E-state index contributed by atoms with van der Waals surface area (Å²) in [7, 11) is 0. The van der Waals surface area contributed by atoms with Gasteiger partial charge in [0.15, 0.2) is 0 Å². The lowest BCUT2D eigenvalue weighted by Gasteiger charge is -2.14. The Morgan fingerprint density at radius 1 is 1.09 bits per heavy atom. The van der Waals surface area contributed by atoms with Gasteiger partial charge in [-0.1, -0.05) is 17.7 Å². The minimum absolute atomic E-state index is 0.351. The Labute approximate surface area is 196 Å². The molecule has 0 atom stereocenters. The first-order chi connectivity index (χ1) is 16.3. The molecule has 0 saturated carbocycles. The van der Waals surface area contributed by atoms with Crippen molar-refractivity contribution in [3.05, 3.63) is 65.7 Å². The smallest absolute Gasteiger partial charge is 0.242 e. The molecule has 9 heteroatoms. The molecule has 0 aliphatic carbocycles. The number of aromatic amines is 1. The summed E-state index contributed by atoms with van der Waals surface area (Å²) in [5, 5.41) is 12.1. The van der Waals surface area contributed by atoms with Crippen LogP contribution in [0.4, 0.5) is 11.4 Å².